The summed E-state index contributed by atoms with van der Waals surface area (Å²) in [7, 11) is 1.49. The molecule has 11 heteroatoms. The molecule has 10 nitrogen and oxygen atoms in total. The fourth-order valence-electron chi connectivity index (χ4n) is 2.20. The van der Waals surface area contributed by atoms with Gasteiger partial charge in [0.05, 0.1) is 18.4 Å². The highest BCUT2D eigenvalue weighted by molar-refractivity contribution is 7.20. The minimum absolute atomic E-state index is 0.0967. The molecule has 0 fully saturated rings. The maximum atomic E-state index is 12.2. The van der Waals surface area contributed by atoms with Crippen LogP contribution in [0, 0.1) is 6.92 Å². The second-order valence-electron chi connectivity index (χ2n) is 5.22. The number of hydrogen-bond donors (Lipinski definition) is 3. The van der Waals surface area contributed by atoms with E-state index in [-0.39, 0.29) is 19.0 Å². The minimum Gasteiger partial charge on any atom is -0.481 e. The number of ether oxygens (including phenoxy) is 2. The lowest BCUT2D eigenvalue weighted by Gasteiger charge is -2.13. The van der Waals surface area contributed by atoms with Gasteiger partial charge in [-0.3, -0.25) is 4.79 Å². The van der Waals surface area contributed by atoms with Crippen molar-refractivity contribution in [2.24, 2.45) is 0 Å². The van der Waals surface area contributed by atoms with E-state index in [1.54, 1.807) is 6.92 Å². The molecule has 0 radical (unpaired) electrons. The van der Waals surface area contributed by atoms with Gasteiger partial charge in [-0.2, -0.15) is 0 Å². The Bertz CT molecular complexity index is 836. The van der Waals surface area contributed by atoms with Gasteiger partial charge >= 0.3 is 17.9 Å². The zero-order valence-electron chi connectivity index (χ0n) is 14.0. The number of anilines is 1. The highest BCUT2D eigenvalue weighted by Gasteiger charge is 2.25. The zero-order chi connectivity index (χ0) is 19.3. The first-order chi connectivity index (χ1) is 12.3. The highest BCUT2D eigenvalue weighted by Crippen LogP contribution is 2.34. The van der Waals surface area contributed by atoms with E-state index in [9.17, 15) is 19.5 Å². The van der Waals surface area contributed by atoms with Crippen molar-refractivity contribution in [3.63, 3.8) is 0 Å². The van der Waals surface area contributed by atoms with Crippen molar-refractivity contribution in [3.8, 4) is 0 Å². The predicted molar refractivity (Wildman–Crippen MR) is 91.6 cm³/mol. The van der Waals surface area contributed by atoms with Gasteiger partial charge in [0.15, 0.2) is 0 Å². The molecule has 2 aromatic rings. The Morgan fingerprint density at radius 2 is 2.00 bits per heavy atom. The lowest BCUT2D eigenvalue weighted by atomic mass is 10.1. The first-order valence-corrected chi connectivity index (χ1v) is 8.28. The molecule has 0 aliphatic heterocycles. The minimum atomic E-state index is -1.37. The van der Waals surface area contributed by atoms with Gasteiger partial charge in [0.2, 0.25) is 0 Å². The van der Waals surface area contributed by atoms with E-state index in [4.69, 9.17) is 14.6 Å². The predicted octanol–water partition coefficient (Wildman–Crippen LogP) is 1.14. The number of fused-ring (bicyclic) bond motifs is 1. The Morgan fingerprint density at radius 3 is 2.62 bits per heavy atom. The number of carboxylic acids is 2. The molecule has 0 aromatic carbocycles. The van der Waals surface area contributed by atoms with Gasteiger partial charge in [-0.25, -0.2) is 19.6 Å². The van der Waals surface area contributed by atoms with Gasteiger partial charge in [-0.15, -0.1) is 11.3 Å². The number of thiophene rings is 1. The molecule has 140 valence electrons. The van der Waals surface area contributed by atoms with Gasteiger partial charge in [0, 0.05) is 7.11 Å². The number of hydrogen-bond acceptors (Lipinski definition) is 9. The number of carbonyl (C=O) groups is 3. The normalized spacial score (nSPS) is 11.9. The molecule has 2 rings (SSSR count). The molecule has 0 saturated heterocycles. The molecule has 1 atom stereocenters. The number of aliphatic carboxylic acids is 2. The van der Waals surface area contributed by atoms with Crippen LogP contribution in [0.25, 0.3) is 10.2 Å². The van der Waals surface area contributed by atoms with Gasteiger partial charge in [0.25, 0.3) is 0 Å². The Hall–Kier alpha value is -2.79. The number of rotatable bonds is 9. The molecule has 0 saturated carbocycles. The average molecular weight is 383 g/mol. The molecule has 1 unspecified atom stereocenters. The molecule has 3 N–H and O–H groups in total. The zero-order valence-corrected chi connectivity index (χ0v) is 14.8. The summed E-state index contributed by atoms with van der Waals surface area (Å²) in [5, 5.41) is 21.1. The maximum absolute atomic E-state index is 12.2. The van der Waals surface area contributed by atoms with Crippen LogP contribution >= 0.6 is 11.3 Å². The maximum Gasteiger partial charge on any atom is 0.348 e. The smallest absolute Gasteiger partial charge is 0.348 e. The number of methoxy groups -OCH3 is 1. The standard InChI is InChI=1S/C15H17N3O7S/c1-7-10-12(18-8(14(21)22)5-9(19)20)16-6-17-13(10)26-11(7)15(23)25-4-3-24-2/h6,8H,3-5H2,1-2H3,(H,19,20)(H,21,22)(H,16,17,18). The molecule has 26 heavy (non-hydrogen) atoms. The molecular formula is C15H17N3O7S. The average Bonchev–Trinajstić information content (AvgIpc) is 2.92. The molecule has 0 aliphatic rings. The van der Waals surface area contributed by atoms with E-state index in [2.05, 4.69) is 15.3 Å². The van der Waals surface area contributed by atoms with Crippen molar-refractivity contribution >= 4 is 45.3 Å². The fourth-order valence-corrected chi connectivity index (χ4v) is 3.24. The molecule has 2 heterocycles. The number of esters is 1. The molecule has 0 amide bonds. The molecule has 2 aromatic heterocycles. The van der Waals surface area contributed by atoms with Crippen molar-refractivity contribution in [3.05, 3.63) is 16.8 Å². The molecule has 0 spiro atoms. The summed E-state index contributed by atoms with van der Waals surface area (Å²) in [6.45, 7) is 2.02. The Balaban J connectivity index is 2.35. The summed E-state index contributed by atoms with van der Waals surface area (Å²) in [5.74, 6) is -2.99. The SMILES string of the molecule is COCCOC(=O)c1sc2ncnc(NC(CC(=O)O)C(=O)O)c2c1C. The largest absolute Gasteiger partial charge is 0.481 e. The van der Waals surface area contributed by atoms with E-state index < -0.39 is 30.4 Å². The van der Waals surface area contributed by atoms with Gasteiger partial charge in [-0.1, -0.05) is 0 Å². The number of nitrogens with zero attached hydrogens (tertiary/aromatic N) is 2. The van der Waals surface area contributed by atoms with Crippen molar-refractivity contribution in [2.45, 2.75) is 19.4 Å². The summed E-state index contributed by atoms with van der Waals surface area (Å²) in [5.41, 5.74) is 0.523. The fraction of sp³-hybridized carbons (Fsp3) is 0.400. The first-order valence-electron chi connectivity index (χ1n) is 7.46. The van der Waals surface area contributed by atoms with E-state index in [0.717, 1.165) is 11.3 Å². The summed E-state index contributed by atoms with van der Waals surface area (Å²) in [4.78, 5) is 43.2. The monoisotopic (exact) mass is 383 g/mol. The Morgan fingerprint density at radius 1 is 1.27 bits per heavy atom. The number of aromatic nitrogens is 2. The molecular weight excluding hydrogens is 366 g/mol. The number of aryl methyl sites for hydroxylation is 1. The number of nitrogens with one attached hydrogen (secondary N) is 1. The van der Waals surface area contributed by atoms with E-state index >= 15 is 0 Å². The van der Waals surface area contributed by atoms with Crippen LogP contribution in [0.2, 0.25) is 0 Å². The van der Waals surface area contributed by atoms with Crippen LogP contribution in [-0.4, -0.2) is 64.5 Å². The third-order valence-electron chi connectivity index (χ3n) is 3.42. The summed E-state index contributed by atoms with van der Waals surface area (Å²) < 4.78 is 9.92. The van der Waals surface area contributed by atoms with Crippen molar-refractivity contribution < 1.29 is 34.1 Å². The number of carboxylic acid groups (broad SMARTS) is 2. The van der Waals surface area contributed by atoms with Gasteiger partial charge < -0.3 is 25.0 Å². The Kier molecular flexibility index (Phi) is 6.41. The topological polar surface area (TPSA) is 148 Å². The summed E-state index contributed by atoms with van der Waals surface area (Å²) in [6, 6.07) is -1.37. The van der Waals surface area contributed by atoms with Gasteiger partial charge in [0.1, 0.15) is 34.5 Å². The summed E-state index contributed by atoms with van der Waals surface area (Å²) in [6.07, 6.45) is 0.580. The van der Waals surface area contributed by atoms with Crippen LogP contribution in [-0.2, 0) is 19.1 Å². The lowest BCUT2D eigenvalue weighted by molar-refractivity contribution is -0.144. The van der Waals surface area contributed by atoms with E-state index in [1.807, 2.05) is 0 Å². The molecule has 0 aliphatic carbocycles. The van der Waals surface area contributed by atoms with Crippen molar-refractivity contribution in [1.82, 2.24) is 9.97 Å². The third kappa shape index (κ3) is 4.43. The number of carbonyl (C=O) groups excluding carboxylic acids is 1. The van der Waals surface area contributed by atoms with Crippen LogP contribution in [0.3, 0.4) is 0 Å². The van der Waals surface area contributed by atoms with Crippen LogP contribution in [0.15, 0.2) is 6.33 Å². The van der Waals surface area contributed by atoms with Gasteiger partial charge in [-0.05, 0) is 12.5 Å². The van der Waals surface area contributed by atoms with Crippen molar-refractivity contribution in [1.29, 1.82) is 0 Å². The molecule has 0 bridgehead atoms. The third-order valence-corrected chi connectivity index (χ3v) is 4.60. The van der Waals surface area contributed by atoms with Crippen molar-refractivity contribution in [2.75, 3.05) is 25.6 Å². The van der Waals surface area contributed by atoms with Crippen LogP contribution < -0.4 is 5.32 Å². The second-order valence-corrected chi connectivity index (χ2v) is 6.22. The van der Waals surface area contributed by atoms with E-state index in [1.165, 1.54) is 13.4 Å². The van der Waals surface area contributed by atoms with Crippen LogP contribution in [0.1, 0.15) is 21.7 Å². The second kappa shape index (κ2) is 8.54. The lowest BCUT2D eigenvalue weighted by Crippen LogP contribution is -2.32. The van der Waals surface area contributed by atoms with E-state index in [0.29, 0.717) is 20.7 Å². The Labute approximate surface area is 151 Å². The quantitative estimate of drug-likeness (QED) is 0.425. The van der Waals surface area contributed by atoms with Crippen LogP contribution in [0.4, 0.5) is 5.82 Å². The van der Waals surface area contributed by atoms with Crippen LogP contribution in [0.5, 0.6) is 0 Å². The highest BCUT2D eigenvalue weighted by atomic mass is 32.1. The first kappa shape index (κ1) is 19.5. The summed E-state index contributed by atoms with van der Waals surface area (Å²) >= 11 is 1.08.